The Labute approximate surface area is 123 Å². The third kappa shape index (κ3) is 2.84. The highest BCUT2D eigenvalue weighted by atomic mass is 16.2. The maximum Gasteiger partial charge on any atom is 0.321 e. The van der Waals surface area contributed by atoms with Crippen LogP contribution in [-0.2, 0) is 13.1 Å². The van der Waals surface area contributed by atoms with Crippen molar-refractivity contribution in [2.24, 2.45) is 0 Å². The minimum Gasteiger partial charge on any atom is -0.378 e. The smallest absolute Gasteiger partial charge is 0.321 e. The first-order chi connectivity index (χ1) is 10.3. The number of imidazole rings is 1. The zero-order valence-electron chi connectivity index (χ0n) is 12.0. The summed E-state index contributed by atoms with van der Waals surface area (Å²) in [5.41, 5.74) is 1.94. The van der Waals surface area contributed by atoms with E-state index in [9.17, 15) is 4.79 Å². The molecule has 0 spiro atoms. The molecule has 1 fully saturated rings. The van der Waals surface area contributed by atoms with Crippen molar-refractivity contribution in [1.82, 2.24) is 14.9 Å². The fraction of sp³-hybridized carbons (Fsp3) is 0.333. The second-order valence-corrected chi connectivity index (χ2v) is 4.91. The summed E-state index contributed by atoms with van der Waals surface area (Å²) in [5, 5.41) is 6.15. The van der Waals surface area contributed by atoms with Gasteiger partial charge in [-0.2, -0.15) is 0 Å². The number of aryl methyl sites for hydroxylation is 1. The second kappa shape index (κ2) is 5.87. The molecule has 1 aliphatic heterocycles. The number of amides is 2. The predicted octanol–water partition coefficient (Wildman–Crippen LogP) is 2.04. The van der Waals surface area contributed by atoms with Crippen molar-refractivity contribution in [3.8, 4) is 0 Å². The molecule has 2 heterocycles. The van der Waals surface area contributed by atoms with Gasteiger partial charge in [-0.25, -0.2) is 9.78 Å². The van der Waals surface area contributed by atoms with E-state index in [1.54, 1.807) is 4.90 Å². The maximum atomic E-state index is 11.6. The maximum absolute atomic E-state index is 11.6. The van der Waals surface area contributed by atoms with Gasteiger partial charge in [-0.1, -0.05) is 0 Å². The monoisotopic (exact) mass is 285 g/mol. The standard InChI is InChI=1S/C15H19N5O/c1-2-19-9-7-16-14(19)11-18-12-3-5-13(6-4-12)20-10-8-17-15(20)21/h3-7,9,18H,2,8,10-11H2,1H3,(H,17,21). The summed E-state index contributed by atoms with van der Waals surface area (Å²) in [6, 6.07) is 7.86. The molecular weight excluding hydrogens is 266 g/mol. The van der Waals surface area contributed by atoms with Gasteiger partial charge in [-0.3, -0.25) is 4.90 Å². The van der Waals surface area contributed by atoms with Gasteiger partial charge in [-0.15, -0.1) is 0 Å². The zero-order valence-corrected chi connectivity index (χ0v) is 12.0. The van der Waals surface area contributed by atoms with Crippen LogP contribution < -0.4 is 15.5 Å². The number of nitrogens with one attached hydrogen (secondary N) is 2. The molecular formula is C15H19N5O. The number of nitrogens with zero attached hydrogens (tertiary/aromatic N) is 3. The molecule has 0 unspecified atom stereocenters. The highest BCUT2D eigenvalue weighted by Gasteiger charge is 2.20. The van der Waals surface area contributed by atoms with Crippen LogP contribution in [0.15, 0.2) is 36.7 Å². The number of aromatic nitrogens is 2. The molecule has 21 heavy (non-hydrogen) atoms. The summed E-state index contributed by atoms with van der Waals surface area (Å²) in [7, 11) is 0. The molecule has 0 atom stereocenters. The van der Waals surface area contributed by atoms with Gasteiger partial charge < -0.3 is 15.2 Å². The summed E-state index contributed by atoms with van der Waals surface area (Å²) >= 11 is 0. The lowest BCUT2D eigenvalue weighted by Crippen LogP contribution is -2.27. The van der Waals surface area contributed by atoms with Crippen molar-refractivity contribution in [2.45, 2.75) is 20.0 Å². The van der Waals surface area contributed by atoms with Gasteiger partial charge in [0.05, 0.1) is 6.54 Å². The van der Waals surface area contributed by atoms with Crippen molar-refractivity contribution >= 4 is 17.4 Å². The summed E-state index contributed by atoms with van der Waals surface area (Å²) in [4.78, 5) is 17.7. The third-order valence-electron chi connectivity index (χ3n) is 3.63. The van der Waals surface area contributed by atoms with Gasteiger partial charge in [0.1, 0.15) is 5.82 Å². The minimum absolute atomic E-state index is 0.0271. The van der Waals surface area contributed by atoms with E-state index < -0.39 is 0 Å². The van der Waals surface area contributed by atoms with Gasteiger partial charge in [0.25, 0.3) is 0 Å². The van der Waals surface area contributed by atoms with Gasteiger partial charge in [-0.05, 0) is 31.2 Å². The Morgan fingerprint density at radius 2 is 2.14 bits per heavy atom. The molecule has 1 aliphatic rings. The summed E-state index contributed by atoms with van der Waals surface area (Å²) < 4.78 is 2.11. The molecule has 1 aromatic heterocycles. The summed E-state index contributed by atoms with van der Waals surface area (Å²) in [6.45, 7) is 5.13. The van der Waals surface area contributed by atoms with Gasteiger partial charge in [0.2, 0.25) is 0 Å². The largest absolute Gasteiger partial charge is 0.378 e. The molecule has 0 bridgehead atoms. The van der Waals surface area contributed by atoms with Crippen LogP contribution in [0.3, 0.4) is 0 Å². The number of carbonyl (C=O) groups is 1. The Bertz CT molecular complexity index is 619. The lowest BCUT2D eigenvalue weighted by atomic mass is 10.2. The van der Waals surface area contributed by atoms with E-state index >= 15 is 0 Å². The van der Waals surface area contributed by atoms with Crippen LogP contribution in [-0.4, -0.2) is 28.7 Å². The van der Waals surface area contributed by atoms with Crippen LogP contribution in [0.5, 0.6) is 0 Å². The average molecular weight is 285 g/mol. The zero-order chi connectivity index (χ0) is 14.7. The van der Waals surface area contributed by atoms with Crippen molar-refractivity contribution in [2.75, 3.05) is 23.3 Å². The van der Waals surface area contributed by atoms with E-state index in [-0.39, 0.29) is 6.03 Å². The quantitative estimate of drug-likeness (QED) is 0.883. The molecule has 6 nitrogen and oxygen atoms in total. The minimum atomic E-state index is -0.0271. The molecule has 3 rings (SSSR count). The average Bonchev–Trinajstić information content (AvgIpc) is 3.14. The normalized spacial score (nSPS) is 14.3. The van der Waals surface area contributed by atoms with E-state index in [1.807, 2.05) is 36.7 Å². The number of rotatable bonds is 5. The highest BCUT2D eigenvalue weighted by Crippen LogP contribution is 2.19. The van der Waals surface area contributed by atoms with Crippen molar-refractivity contribution in [3.63, 3.8) is 0 Å². The highest BCUT2D eigenvalue weighted by molar-refractivity contribution is 5.94. The first-order valence-electron chi connectivity index (χ1n) is 7.17. The van der Waals surface area contributed by atoms with Gasteiger partial charge >= 0.3 is 6.03 Å². The van der Waals surface area contributed by atoms with E-state index in [4.69, 9.17) is 0 Å². The number of carbonyl (C=O) groups excluding carboxylic acids is 1. The molecule has 2 N–H and O–H groups in total. The molecule has 1 saturated heterocycles. The van der Waals surface area contributed by atoms with Crippen molar-refractivity contribution in [1.29, 1.82) is 0 Å². The first kappa shape index (κ1) is 13.5. The summed E-state index contributed by atoms with van der Waals surface area (Å²) in [6.07, 6.45) is 3.79. The van der Waals surface area contributed by atoms with Crippen LogP contribution in [0, 0.1) is 0 Å². The van der Waals surface area contributed by atoms with E-state index in [0.717, 1.165) is 30.3 Å². The Morgan fingerprint density at radius 1 is 1.33 bits per heavy atom. The topological polar surface area (TPSA) is 62.2 Å². The van der Waals surface area contributed by atoms with Crippen molar-refractivity contribution in [3.05, 3.63) is 42.5 Å². The summed E-state index contributed by atoms with van der Waals surface area (Å²) in [5.74, 6) is 1.01. The lowest BCUT2D eigenvalue weighted by molar-refractivity contribution is 0.252. The molecule has 2 aromatic rings. The van der Waals surface area contributed by atoms with Crippen LogP contribution in [0.2, 0.25) is 0 Å². The molecule has 0 radical (unpaired) electrons. The molecule has 1 aromatic carbocycles. The number of urea groups is 1. The van der Waals surface area contributed by atoms with E-state index in [0.29, 0.717) is 13.1 Å². The van der Waals surface area contributed by atoms with E-state index in [2.05, 4.69) is 27.1 Å². The Hall–Kier alpha value is -2.50. The number of anilines is 2. The predicted molar refractivity (Wildman–Crippen MR) is 82.4 cm³/mol. The van der Waals surface area contributed by atoms with Gasteiger partial charge in [0.15, 0.2) is 0 Å². The lowest BCUT2D eigenvalue weighted by Gasteiger charge is -2.15. The van der Waals surface area contributed by atoms with Gasteiger partial charge in [0, 0.05) is 43.4 Å². The third-order valence-corrected chi connectivity index (χ3v) is 3.63. The Morgan fingerprint density at radius 3 is 2.81 bits per heavy atom. The molecule has 0 saturated carbocycles. The number of benzene rings is 1. The van der Waals surface area contributed by atoms with Crippen LogP contribution in [0.25, 0.3) is 0 Å². The van der Waals surface area contributed by atoms with Crippen LogP contribution in [0.4, 0.5) is 16.2 Å². The Kier molecular flexibility index (Phi) is 3.77. The van der Waals surface area contributed by atoms with Crippen LogP contribution in [0.1, 0.15) is 12.7 Å². The van der Waals surface area contributed by atoms with E-state index in [1.165, 1.54) is 0 Å². The fourth-order valence-corrected chi connectivity index (χ4v) is 2.45. The number of hydrogen-bond donors (Lipinski definition) is 2. The van der Waals surface area contributed by atoms with Crippen molar-refractivity contribution < 1.29 is 4.79 Å². The SMILES string of the molecule is CCn1ccnc1CNc1ccc(N2CCNC2=O)cc1. The first-order valence-corrected chi connectivity index (χ1v) is 7.17. The fourth-order valence-electron chi connectivity index (χ4n) is 2.45. The molecule has 110 valence electrons. The molecule has 0 aliphatic carbocycles. The second-order valence-electron chi connectivity index (χ2n) is 4.91. The number of hydrogen-bond acceptors (Lipinski definition) is 3. The van der Waals surface area contributed by atoms with Crippen LogP contribution >= 0.6 is 0 Å². The molecule has 6 heteroatoms. The molecule has 2 amide bonds. The Balaban J connectivity index is 1.63.